The SMILES string of the molecule is Cc1scnc1Cl. The van der Waals surface area contributed by atoms with Crippen LogP contribution in [0.2, 0.25) is 5.15 Å². The molecule has 3 heteroatoms. The highest BCUT2D eigenvalue weighted by atomic mass is 35.5. The van der Waals surface area contributed by atoms with Crippen molar-refractivity contribution in [3.8, 4) is 0 Å². The lowest BCUT2D eigenvalue weighted by Gasteiger charge is -1.74. The monoisotopic (exact) mass is 133 g/mol. The van der Waals surface area contributed by atoms with Crippen molar-refractivity contribution in [2.24, 2.45) is 0 Å². The van der Waals surface area contributed by atoms with Crippen LogP contribution >= 0.6 is 22.9 Å². The topological polar surface area (TPSA) is 12.9 Å². The summed E-state index contributed by atoms with van der Waals surface area (Å²) in [6.07, 6.45) is 0. The van der Waals surface area contributed by atoms with Crippen molar-refractivity contribution in [2.75, 3.05) is 0 Å². The molecule has 0 fully saturated rings. The Hall–Kier alpha value is -0.0800. The van der Waals surface area contributed by atoms with Crippen LogP contribution < -0.4 is 0 Å². The molecule has 0 amide bonds. The standard InChI is InChI=1S/C4H4ClNS/c1-3-4(5)6-2-7-3/h2H,1H3. The summed E-state index contributed by atoms with van der Waals surface area (Å²) in [6.45, 7) is 1.94. The van der Waals surface area contributed by atoms with Crippen molar-refractivity contribution >= 4 is 22.9 Å². The maximum absolute atomic E-state index is 5.52. The van der Waals surface area contributed by atoms with Gasteiger partial charge in [0.25, 0.3) is 0 Å². The van der Waals surface area contributed by atoms with Gasteiger partial charge >= 0.3 is 0 Å². The third-order valence-corrected chi connectivity index (χ3v) is 1.94. The third-order valence-electron chi connectivity index (χ3n) is 0.686. The van der Waals surface area contributed by atoms with Gasteiger partial charge in [-0.1, -0.05) is 11.6 Å². The minimum Gasteiger partial charge on any atom is -0.233 e. The zero-order valence-electron chi connectivity index (χ0n) is 3.81. The van der Waals surface area contributed by atoms with Gasteiger partial charge in [0.2, 0.25) is 0 Å². The van der Waals surface area contributed by atoms with E-state index in [1.165, 1.54) is 0 Å². The van der Waals surface area contributed by atoms with Crippen LogP contribution in [0.1, 0.15) is 4.88 Å². The molecule has 38 valence electrons. The Kier molecular flexibility index (Phi) is 1.30. The number of nitrogens with zero attached hydrogens (tertiary/aromatic N) is 1. The fourth-order valence-electron chi connectivity index (χ4n) is 0.291. The summed E-state index contributed by atoms with van der Waals surface area (Å²) in [7, 11) is 0. The van der Waals surface area contributed by atoms with Crippen molar-refractivity contribution < 1.29 is 0 Å². The van der Waals surface area contributed by atoms with Gasteiger partial charge in [-0.05, 0) is 6.92 Å². The van der Waals surface area contributed by atoms with E-state index < -0.39 is 0 Å². The number of hydrogen-bond acceptors (Lipinski definition) is 2. The highest BCUT2D eigenvalue weighted by Crippen LogP contribution is 2.15. The number of aromatic nitrogens is 1. The van der Waals surface area contributed by atoms with E-state index in [-0.39, 0.29) is 0 Å². The maximum Gasteiger partial charge on any atom is 0.142 e. The Morgan fingerprint density at radius 3 is 2.71 bits per heavy atom. The van der Waals surface area contributed by atoms with Gasteiger partial charge in [-0.15, -0.1) is 11.3 Å². The molecule has 1 heterocycles. The fourth-order valence-corrected chi connectivity index (χ4v) is 0.998. The molecule has 0 aliphatic heterocycles. The van der Waals surface area contributed by atoms with Gasteiger partial charge in [0.05, 0.1) is 5.51 Å². The minimum atomic E-state index is 0.630. The highest BCUT2D eigenvalue weighted by molar-refractivity contribution is 7.10. The molecule has 0 N–H and O–H groups in total. The lowest BCUT2D eigenvalue weighted by molar-refractivity contribution is 1.39. The van der Waals surface area contributed by atoms with E-state index in [0.717, 1.165) is 4.88 Å². The molecule has 0 saturated carbocycles. The molecule has 1 aromatic heterocycles. The summed E-state index contributed by atoms with van der Waals surface area (Å²) < 4.78 is 0. The average molecular weight is 134 g/mol. The van der Waals surface area contributed by atoms with Gasteiger partial charge in [0.1, 0.15) is 5.15 Å². The zero-order chi connectivity index (χ0) is 5.28. The van der Waals surface area contributed by atoms with Crippen LogP contribution in [0, 0.1) is 6.92 Å². The Labute approximate surface area is 51.0 Å². The van der Waals surface area contributed by atoms with Crippen LogP contribution in [0.5, 0.6) is 0 Å². The molecule has 1 rings (SSSR count). The highest BCUT2D eigenvalue weighted by Gasteiger charge is 1.91. The second-order valence-electron chi connectivity index (χ2n) is 1.20. The zero-order valence-corrected chi connectivity index (χ0v) is 5.38. The van der Waals surface area contributed by atoms with Gasteiger partial charge in [-0.25, -0.2) is 4.98 Å². The summed E-state index contributed by atoms with van der Waals surface area (Å²) in [5, 5.41) is 0.630. The second kappa shape index (κ2) is 1.80. The smallest absolute Gasteiger partial charge is 0.142 e. The van der Waals surface area contributed by atoms with Crippen LogP contribution in [0.3, 0.4) is 0 Å². The van der Waals surface area contributed by atoms with E-state index in [1.54, 1.807) is 16.8 Å². The number of hydrogen-bond donors (Lipinski definition) is 0. The normalized spacial score (nSPS) is 9.43. The van der Waals surface area contributed by atoms with Gasteiger partial charge in [0, 0.05) is 4.88 Å². The molecule has 1 nitrogen and oxygen atoms in total. The summed E-state index contributed by atoms with van der Waals surface area (Å²) in [6, 6.07) is 0. The summed E-state index contributed by atoms with van der Waals surface area (Å²) >= 11 is 7.08. The molecule has 0 spiro atoms. The molecule has 0 unspecified atom stereocenters. The Bertz CT molecular complexity index is 144. The average Bonchev–Trinajstić information content (AvgIpc) is 1.91. The van der Waals surface area contributed by atoms with Crippen LogP contribution in [0.15, 0.2) is 5.51 Å². The molecule has 7 heavy (non-hydrogen) atoms. The van der Waals surface area contributed by atoms with Gasteiger partial charge in [-0.2, -0.15) is 0 Å². The van der Waals surface area contributed by atoms with Crippen molar-refractivity contribution in [3.05, 3.63) is 15.5 Å². The molecule has 1 aromatic rings. The molecule has 0 aliphatic rings. The minimum absolute atomic E-state index is 0.630. The molecule has 0 bridgehead atoms. The largest absolute Gasteiger partial charge is 0.233 e. The van der Waals surface area contributed by atoms with E-state index in [4.69, 9.17) is 11.6 Å². The first-order chi connectivity index (χ1) is 3.30. The molecule has 0 saturated heterocycles. The summed E-state index contributed by atoms with van der Waals surface area (Å²) in [5.74, 6) is 0. The van der Waals surface area contributed by atoms with E-state index in [9.17, 15) is 0 Å². The van der Waals surface area contributed by atoms with E-state index in [2.05, 4.69) is 4.98 Å². The molecule has 0 aromatic carbocycles. The first-order valence-corrected chi connectivity index (χ1v) is 3.12. The van der Waals surface area contributed by atoms with Gasteiger partial charge in [-0.3, -0.25) is 0 Å². The maximum atomic E-state index is 5.52. The van der Waals surface area contributed by atoms with Gasteiger partial charge < -0.3 is 0 Å². The fraction of sp³-hybridized carbons (Fsp3) is 0.250. The molecule has 0 atom stereocenters. The Morgan fingerprint density at radius 1 is 1.86 bits per heavy atom. The first-order valence-electron chi connectivity index (χ1n) is 1.86. The predicted octanol–water partition coefficient (Wildman–Crippen LogP) is 2.10. The molecular weight excluding hydrogens is 130 g/mol. The molecule has 0 aliphatic carbocycles. The number of halogens is 1. The van der Waals surface area contributed by atoms with Crippen LogP contribution in [-0.4, -0.2) is 4.98 Å². The molecular formula is C4H4ClNS. The summed E-state index contributed by atoms with van der Waals surface area (Å²) in [4.78, 5) is 4.89. The molecule has 0 radical (unpaired) electrons. The van der Waals surface area contributed by atoms with E-state index >= 15 is 0 Å². The number of rotatable bonds is 0. The third kappa shape index (κ3) is 0.924. The van der Waals surface area contributed by atoms with Gasteiger partial charge in [0.15, 0.2) is 0 Å². The van der Waals surface area contributed by atoms with E-state index in [0.29, 0.717) is 5.15 Å². The lowest BCUT2D eigenvalue weighted by atomic mass is 10.6. The van der Waals surface area contributed by atoms with E-state index in [1.807, 2.05) is 6.92 Å². The Morgan fingerprint density at radius 2 is 2.57 bits per heavy atom. The van der Waals surface area contributed by atoms with Crippen molar-refractivity contribution in [3.63, 3.8) is 0 Å². The van der Waals surface area contributed by atoms with Crippen molar-refractivity contribution in [1.82, 2.24) is 4.98 Å². The van der Waals surface area contributed by atoms with Crippen molar-refractivity contribution in [1.29, 1.82) is 0 Å². The summed E-state index contributed by atoms with van der Waals surface area (Å²) in [5.41, 5.74) is 1.73. The van der Waals surface area contributed by atoms with Crippen LogP contribution in [0.25, 0.3) is 0 Å². The number of thiazole rings is 1. The van der Waals surface area contributed by atoms with Crippen LogP contribution in [0.4, 0.5) is 0 Å². The predicted molar refractivity (Wildman–Crippen MR) is 31.9 cm³/mol. The van der Waals surface area contributed by atoms with Crippen LogP contribution in [-0.2, 0) is 0 Å². The Balaban J connectivity index is 3.12. The lowest BCUT2D eigenvalue weighted by Crippen LogP contribution is -1.59. The second-order valence-corrected chi connectivity index (χ2v) is 2.62. The first kappa shape index (κ1) is 5.06. The quantitative estimate of drug-likeness (QED) is 0.528. The van der Waals surface area contributed by atoms with Crippen molar-refractivity contribution in [2.45, 2.75) is 6.92 Å². The number of aryl methyl sites for hydroxylation is 1.